The molecular weight excluding hydrogens is 218 g/mol. The van der Waals surface area contributed by atoms with E-state index in [4.69, 9.17) is 22.1 Å². The number of carbonyl (C=O) groups is 1. The third-order valence-electron chi connectivity index (χ3n) is 1.95. The Hall–Kier alpha value is -1.26. The van der Waals surface area contributed by atoms with E-state index in [0.29, 0.717) is 5.56 Å². The maximum atomic E-state index is 11.6. The van der Waals surface area contributed by atoms with Gasteiger partial charge in [0.25, 0.3) is 0 Å². The van der Waals surface area contributed by atoms with Crippen LogP contribution in [0.4, 0.5) is 0 Å². The van der Waals surface area contributed by atoms with E-state index in [-0.39, 0.29) is 35.3 Å². The fraction of sp³-hybridized carbons (Fsp3) is 0.300. The summed E-state index contributed by atoms with van der Waals surface area (Å²) in [4.78, 5) is 11.6. The first-order valence-electron chi connectivity index (χ1n) is 4.40. The van der Waals surface area contributed by atoms with Crippen molar-refractivity contribution in [1.29, 1.82) is 0 Å². The predicted molar refractivity (Wildman–Crippen MR) is 57.7 cm³/mol. The predicted octanol–water partition coefficient (Wildman–Crippen LogP) is 1.59. The fourth-order valence-corrected chi connectivity index (χ4v) is 1.47. The minimum absolute atomic E-state index is 0.0420. The van der Waals surface area contributed by atoms with E-state index >= 15 is 0 Å². The van der Waals surface area contributed by atoms with E-state index in [1.807, 2.05) is 0 Å². The van der Waals surface area contributed by atoms with Gasteiger partial charge in [0.1, 0.15) is 10.8 Å². The van der Waals surface area contributed by atoms with Gasteiger partial charge in [-0.3, -0.25) is 4.79 Å². The number of phenols is 1. The third kappa shape index (κ3) is 2.40. The lowest BCUT2D eigenvalue weighted by molar-refractivity contribution is 0.0982. The molecule has 4 nitrogen and oxygen atoms in total. The Kier molecular flexibility index (Phi) is 3.94. The van der Waals surface area contributed by atoms with Gasteiger partial charge in [-0.2, -0.15) is 0 Å². The van der Waals surface area contributed by atoms with E-state index in [2.05, 4.69) is 0 Å². The number of hydrogen-bond acceptors (Lipinski definition) is 4. The summed E-state index contributed by atoms with van der Waals surface area (Å²) >= 11 is 5.78. The SMILES string of the molecule is COc1c(C(=O)CCN)ccc(O)c1Cl. The van der Waals surface area contributed by atoms with Gasteiger partial charge in [-0.1, -0.05) is 11.6 Å². The largest absolute Gasteiger partial charge is 0.506 e. The summed E-state index contributed by atoms with van der Waals surface area (Å²) in [6.07, 6.45) is 0.220. The Morgan fingerprint density at radius 1 is 1.60 bits per heavy atom. The van der Waals surface area contributed by atoms with Crippen molar-refractivity contribution in [2.24, 2.45) is 5.73 Å². The second kappa shape index (κ2) is 5.00. The molecule has 0 heterocycles. The zero-order valence-electron chi connectivity index (χ0n) is 8.29. The molecule has 0 saturated carbocycles. The normalized spacial score (nSPS) is 10.1. The molecule has 0 radical (unpaired) electrons. The number of ketones is 1. The summed E-state index contributed by atoms with van der Waals surface area (Å²) < 4.78 is 4.97. The molecule has 0 saturated heterocycles. The van der Waals surface area contributed by atoms with Gasteiger partial charge < -0.3 is 15.6 Å². The zero-order chi connectivity index (χ0) is 11.4. The minimum Gasteiger partial charge on any atom is -0.506 e. The van der Waals surface area contributed by atoms with E-state index in [1.165, 1.54) is 19.2 Å². The highest BCUT2D eigenvalue weighted by atomic mass is 35.5. The van der Waals surface area contributed by atoms with Crippen LogP contribution < -0.4 is 10.5 Å². The minimum atomic E-state index is -0.156. The maximum Gasteiger partial charge on any atom is 0.167 e. The number of benzene rings is 1. The maximum absolute atomic E-state index is 11.6. The molecule has 82 valence electrons. The van der Waals surface area contributed by atoms with Gasteiger partial charge in [-0.25, -0.2) is 0 Å². The van der Waals surface area contributed by atoms with Crippen LogP contribution in [0, 0.1) is 0 Å². The average Bonchev–Trinajstić information content (AvgIpc) is 2.22. The number of hydrogen-bond donors (Lipinski definition) is 2. The smallest absolute Gasteiger partial charge is 0.167 e. The lowest BCUT2D eigenvalue weighted by Gasteiger charge is -2.09. The van der Waals surface area contributed by atoms with Crippen LogP contribution in [0.3, 0.4) is 0 Å². The second-order valence-corrected chi connectivity index (χ2v) is 3.32. The van der Waals surface area contributed by atoms with Gasteiger partial charge in [-0.15, -0.1) is 0 Å². The lowest BCUT2D eigenvalue weighted by atomic mass is 10.1. The van der Waals surface area contributed by atoms with Gasteiger partial charge >= 0.3 is 0 Å². The van der Waals surface area contributed by atoms with Crippen molar-refractivity contribution in [3.8, 4) is 11.5 Å². The number of ether oxygens (including phenoxy) is 1. The average molecular weight is 230 g/mol. The van der Waals surface area contributed by atoms with Gasteiger partial charge in [0.05, 0.1) is 12.7 Å². The molecule has 15 heavy (non-hydrogen) atoms. The first kappa shape index (κ1) is 11.8. The molecular formula is C10H12ClNO3. The highest BCUT2D eigenvalue weighted by Crippen LogP contribution is 2.36. The Morgan fingerprint density at radius 2 is 2.27 bits per heavy atom. The molecule has 5 heteroatoms. The molecule has 1 rings (SSSR count). The van der Waals surface area contributed by atoms with Crippen LogP contribution in [0.1, 0.15) is 16.8 Å². The molecule has 3 N–H and O–H groups in total. The first-order valence-corrected chi connectivity index (χ1v) is 4.78. The quantitative estimate of drug-likeness (QED) is 0.769. The molecule has 1 aromatic rings. The van der Waals surface area contributed by atoms with Gasteiger partial charge in [0.2, 0.25) is 0 Å². The second-order valence-electron chi connectivity index (χ2n) is 2.94. The van der Waals surface area contributed by atoms with Crippen LogP contribution in [0.2, 0.25) is 5.02 Å². The molecule has 0 amide bonds. The highest BCUT2D eigenvalue weighted by Gasteiger charge is 2.16. The van der Waals surface area contributed by atoms with E-state index in [9.17, 15) is 9.90 Å². The van der Waals surface area contributed by atoms with Crippen LogP contribution in [-0.4, -0.2) is 24.5 Å². The Bertz CT molecular complexity index is 379. The summed E-state index contributed by atoms with van der Waals surface area (Å²) in [6, 6.07) is 2.83. The van der Waals surface area contributed by atoms with E-state index in [1.54, 1.807) is 0 Å². The molecule has 1 aromatic carbocycles. The Labute approximate surface area is 92.6 Å². The molecule has 0 unspecified atom stereocenters. The van der Waals surface area contributed by atoms with Crippen molar-refractivity contribution in [3.05, 3.63) is 22.7 Å². The Balaban J connectivity index is 3.18. The van der Waals surface area contributed by atoms with Crippen LogP contribution in [0.15, 0.2) is 12.1 Å². The number of Topliss-reactive ketones (excluding diaryl/α,β-unsaturated/α-hetero) is 1. The molecule has 0 aliphatic heterocycles. The standard InChI is InChI=1S/C10H12ClNO3/c1-15-10-6(7(13)4-5-12)2-3-8(14)9(10)11/h2-3,14H,4-5,12H2,1H3. The lowest BCUT2D eigenvalue weighted by Crippen LogP contribution is -2.09. The summed E-state index contributed by atoms with van der Waals surface area (Å²) in [6.45, 7) is 0.264. The number of nitrogens with two attached hydrogens (primary N) is 1. The summed E-state index contributed by atoms with van der Waals surface area (Å²) in [5.74, 6) is -0.0795. The van der Waals surface area contributed by atoms with Gasteiger partial charge in [0, 0.05) is 6.42 Å². The van der Waals surface area contributed by atoms with Crippen molar-refractivity contribution in [2.75, 3.05) is 13.7 Å². The van der Waals surface area contributed by atoms with Crippen LogP contribution in [-0.2, 0) is 0 Å². The number of aromatic hydroxyl groups is 1. The molecule has 0 atom stereocenters. The third-order valence-corrected chi connectivity index (χ3v) is 2.32. The molecule has 0 bridgehead atoms. The van der Waals surface area contributed by atoms with Crippen LogP contribution in [0.5, 0.6) is 11.5 Å². The van der Waals surface area contributed by atoms with Crippen LogP contribution in [0.25, 0.3) is 0 Å². The topological polar surface area (TPSA) is 72.5 Å². The molecule has 0 aliphatic rings. The van der Waals surface area contributed by atoms with Crippen molar-refractivity contribution in [3.63, 3.8) is 0 Å². The van der Waals surface area contributed by atoms with E-state index in [0.717, 1.165) is 0 Å². The van der Waals surface area contributed by atoms with Gasteiger partial charge in [0.15, 0.2) is 11.5 Å². The summed E-state index contributed by atoms with van der Waals surface area (Å²) in [5.41, 5.74) is 5.62. The molecule has 0 aromatic heterocycles. The Morgan fingerprint density at radius 3 is 2.80 bits per heavy atom. The van der Waals surface area contributed by atoms with Crippen molar-refractivity contribution >= 4 is 17.4 Å². The molecule has 0 aliphatic carbocycles. The number of phenolic OH excluding ortho intramolecular Hbond substituents is 1. The van der Waals surface area contributed by atoms with Crippen molar-refractivity contribution in [2.45, 2.75) is 6.42 Å². The van der Waals surface area contributed by atoms with Gasteiger partial charge in [-0.05, 0) is 18.7 Å². The molecule has 0 spiro atoms. The monoisotopic (exact) mass is 229 g/mol. The first-order chi connectivity index (χ1) is 7.11. The number of carbonyl (C=O) groups excluding carboxylic acids is 1. The van der Waals surface area contributed by atoms with Crippen LogP contribution >= 0.6 is 11.6 Å². The van der Waals surface area contributed by atoms with Crippen molar-refractivity contribution < 1.29 is 14.6 Å². The van der Waals surface area contributed by atoms with E-state index < -0.39 is 0 Å². The molecule has 0 fully saturated rings. The fourth-order valence-electron chi connectivity index (χ4n) is 1.23. The zero-order valence-corrected chi connectivity index (χ0v) is 9.04. The van der Waals surface area contributed by atoms with Crippen molar-refractivity contribution in [1.82, 2.24) is 0 Å². The summed E-state index contributed by atoms with van der Waals surface area (Å²) in [7, 11) is 1.39. The highest BCUT2D eigenvalue weighted by molar-refractivity contribution is 6.34. The summed E-state index contributed by atoms with van der Waals surface area (Å²) in [5, 5.41) is 9.36. The number of methoxy groups -OCH3 is 1. The number of rotatable bonds is 4. The number of halogens is 1.